The Hall–Kier alpha value is -1.68. The molecule has 1 N–H and O–H groups in total. The number of aryl methyl sites for hydroxylation is 1. The highest BCUT2D eigenvalue weighted by molar-refractivity contribution is 7.13. The standard InChI is InChI=1S/C13H14N2OS/c1-3-14-13(16)10-6-7-11(15-9(10)2)12-5-4-8-17-12/h4-8H,3H2,1-2H3,(H,14,16). The normalized spacial score (nSPS) is 10.2. The third kappa shape index (κ3) is 2.53. The number of carbonyl (C=O) groups excluding carboxylic acids is 1. The maximum Gasteiger partial charge on any atom is 0.253 e. The summed E-state index contributed by atoms with van der Waals surface area (Å²) in [7, 11) is 0. The fraction of sp³-hybridized carbons (Fsp3) is 0.231. The van der Waals surface area contributed by atoms with Crippen LogP contribution in [0.25, 0.3) is 10.6 Å². The summed E-state index contributed by atoms with van der Waals surface area (Å²) >= 11 is 1.65. The molecule has 4 heteroatoms. The number of carbonyl (C=O) groups is 1. The molecule has 88 valence electrons. The van der Waals surface area contributed by atoms with E-state index in [-0.39, 0.29) is 5.91 Å². The van der Waals surface area contributed by atoms with Crippen molar-refractivity contribution < 1.29 is 4.79 Å². The summed E-state index contributed by atoms with van der Waals surface area (Å²) in [5, 5.41) is 4.80. The molecular formula is C13H14N2OS. The van der Waals surface area contributed by atoms with Gasteiger partial charge in [0.1, 0.15) is 0 Å². The highest BCUT2D eigenvalue weighted by Crippen LogP contribution is 2.23. The van der Waals surface area contributed by atoms with Gasteiger partial charge in [0.15, 0.2) is 0 Å². The molecule has 0 bridgehead atoms. The number of nitrogens with zero attached hydrogens (tertiary/aromatic N) is 1. The average molecular weight is 246 g/mol. The summed E-state index contributed by atoms with van der Waals surface area (Å²) in [6, 6.07) is 7.75. The van der Waals surface area contributed by atoms with Crippen LogP contribution in [-0.2, 0) is 0 Å². The van der Waals surface area contributed by atoms with E-state index in [4.69, 9.17) is 0 Å². The maximum atomic E-state index is 11.7. The van der Waals surface area contributed by atoms with Crippen LogP contribution < -0.4 is 5.32 Å². The Morgan fingerprint density at radius 2 is 2.24 bits per heavy atom. The average Bonchev–Trinajstić information content (AvgIpc) is 2.82. The van der Waals surface area contributed by atoms with Gasteiger partial charge in [0.05, 0.1) is 21.8 Å². The lowest BCUT2D eigenvalue weighted by Gasteiger charge is -2.06. The van der Waals surface area contributed by atoms with Crippen molar-refractivity contribution >= 4 is 17.2 Å². The number of pyridine rings is 1. The van der Waals surface area contributed by atoms with Crippen LogP contribution in [0.2, 0.25) is 0 Å². The fourth-order valence-corrected chi connectivity index (χ4v) is 2.31. The molecule has 0 aliphatic carbocycles. The van der Waals surface area contributed by atoms with Crippen LogP contribution in [0, 0.1) is 6.92 Å². The summed E-state index contributed by atoms with van der Waals surface area (Å²) in [6.07, 6.45) is 0. The van der Waals surface area contributed by atoms with E-state index in [1.54, 1.807) is 11.3 Å². The van der Waals surface area contributed by atoms with Crippen LogP contribution in [0.1, 0.15) is 23.0 Å². The summed E-state index contributed by atoms with van der Waals surface area (Å²) < 4.78 is 0. The molecule has 3 nitrogen and oxygen atoms in total. The predicted octanol–water partition coefficient (Wildman–Crippen LogP) is 2.87. The first-order valence-corrected chi connectivity index (χ1v) is 6.40. The van der Waals surface area contributed by atoms with E-state index < -0.39 is 0 Å². The smallest absolute Gasteiger partial charge is 0.253 e. The molecule has 2 heterocycles. The maximum absolute atomic E-state index is 11.7. The van der Waals surface area contributed by atoms with E-state index in [2.05, 4.69) is 10.3 Å². The summed E-state index contributed by atoms with van der Waals surface area (Å²) in [5.41, 5.74) is 2.33. The number of hydrogen-bond donors (Lipinski definition) is 1. The zero-order valence-electron chi connectivity index (χ0n) is 9.86. The number of rotatable bonds is 3. The first kappa shape index (κ1) is 11.8. The molecule has 0 aliphatic rings. The van der Waals surface area contributed by atoms with Gasteiger partial charge in [-0.15, -0.1) is 11.3 Å². The van der Waals surface area contributed by atoms with Gasteiger partial charge in [-0.25, -0.2) is 0 Å². The first-order chi connectivity index (χ1) is 8.22. The lowest BCUT2D eigenvalue weighted by molar-refractivity contribution is 0.0955. The molecule has 2 aromatic rings. The summed E-state index contributed by atoms with van der Waals surface area (Å²) in [6.45, 7) is 4.40. The Labute approximate surface area is 105 Å². The van der Waals surface area contributed by atoms with Crippen molar-refractivity contribution in [3.63, 3.8) is 0 Å². The van der Waals surface area contributed by atoms with Crippen LogP contribution in [0.15, 0.2) is 29.6 Å². The second-order valence-corrected chi connectivity index (χ2v) is 4.61. The number of aromatic nitrogens is 1. The van der Waals surface area contributed by atoms with Crippen molar-refractivity contribution in [2.45, 2.75) is 13.8 Å². The van der Waals surface area contributed by atoms with Crippen LogP contribution >= 0.6 is 11.3 Å². The Bertz CT molecular complexity index is 520. The van der Waals surface area contributed by atoms with E-state index in [0.717, 1.165) is 16.3 Å². The van der Waals surface area contributed by atoms with Crippen LogP contribution in [-0.4, -0.2) is 17.4 Å². The number of hydrogen-bond acceptors (Lipinski definition) is 3. The third-order valence-electron chi connectivity index (χ3n) is 2.44. The molecular weight excluding hydrogens is 232 g/mol. The van der Waals surface area contributed by atoms with Gasteiger partial charge in [-0.05, 0) is 37.4 Å². The molecule has 2 aromatic heterocycles. The molecule has 0 aliphatic heterocycles. The molecule has 0 unspecified atom stereocenters. The van der Waals surface area contributed by atoms with Crippen molar-refractivity contribution in [1.29, 1.82) is 0 Å². The van der Waals surface area contributed by atoms with Gasteiger partial charge in [-0.3, -0.25) is 9.78 Å². The summed E-state index contributed by atoms with van der Waals surface area (Å²) in [4.78, 5) is 17.3. The van der Waals surface area contributed by atoms with Crippen LogP contribution in [0.3, 0.4) is 0 Å². The van der Waals surface area contributed by atoms with Crippen molar-refractivity contribution in [3.05, 3.63) is 40.9 Å². The largest absolute Gasteiger partial charge is 0.352 e. The summed E-state index contributed by atoms with van der Waals surface area (Å²) in [5.74, 6) is -0.0600. The van der Waals surface area contributed by atoms with Gasteiger partial charge in [-0.1, -0.05) is 6.07 Å². The highest BCUT2D eigenvalue weighted by Gasteiger charge is 2.10. The molecule has 0 spiro atoms. The topological polar surface area (TPSA) is 42.0 Å². The van der Waals surface area contributed by atoms with E-state index in [1.807, 2.05) is 43.5 Å². The minimum Gasteiger partial charge on any atom is -0.352 e. The second kappa shape index (κ2) is 5.10. The molecule has 0 aromatic carbocycles. The van der Waals surface area contributed by atoms with Crippen LogP contribution in [0.5, 0.6) is 0 Å². The monoisotopic (exact) mass is 246 g/mol. The number of amides is 1. The van der Waals surface area contributed by atoms with Gasteiger partial charge >= 0.3 is 0 Å². The SMILES string of the molecule is CCNC(=O)c1ccc(-c2cccs2)nc1C. The minimum atomic E-state index is -0.0600. The Balaban J connectivity index is 2.32. The molecule has 17 heavy (non-hydrogen) atoms. The van der Waals surface area contributed by atoms with Crippen molar-refractivity contribution in [1.82, 2.24) is 10.3 Å². The van der Waals surface area contributed by atoms with Gasteiger partial charge in [-0.2, -0.15) is 0 Å². The van der Waals surface area contributed by atoms with E-state index in [0.29, 0.717) is 12.1 Å². The molecule has 0 radical (unpaired) electrons. The lowest BCUT2D eigenvalue weighted by atomic mass is 10.1. The number of nitrogens with one attached hydrogen (secondary N) is 1. The van der Waals surface area contributed by atoms with Gasteiger partial charge in [0.2, 0.25) is 0 Å². The van der Waals surface area contributed by atoms with Crippen molar-refractivity contribution in [2.24, 2.45) is 0 Å². The molecule has 0 saturated heterocycles. The predicted molar refractivity (Wildman–Crippen MR) is 70.3 cm³/mol. The van der Waals surface area contributed by atoms with Gasteiger partial charge < -0.3 is 5.32 Å². The lowest BCUT2D eigenvalue weighted by Crippen LogP contribution is -2.23. The van der Waals surface area contributed by atoms with E-state index in [1.165, 1.54) is 0 Å². The molecule has 0 saturated carbocycles. The molecule has 0 fully saturated rings. The zero-order chi connectivity index (χ0) is 12.3. The van der Waals surface area contributed by atoms with Gasteiger partial charge in [0.25, 0.3) is 5.91 Å². The first-order valence-electron chi connectivity index (χ1n) is 5.52. The van der Waals surface area contributed by atoms with Gasteiger partial charge in [0, 0.05) is 6.54 Å². The molecule has 2 rings (SSSR count). The van der Waals surface area contributed by atoms with Crippen LogP contribution in [0.4, 0.5) is 0 Å². The van der Waals surface area contributed by atoms with Crippen molar-refractivity contribution in [3.8, 4) is 10.6 Å². The van der Waals surface area contributed by atoms with E-state index in [9.17, 15) is 4.79 Å². The quantitative estimate of drug-likeness (QED) is 0.904. The second-order valence-electron chi connectivity index (χ2n) is 3.67. The molecule has 1 amide bonds. The minimum absolute atomic E-state index is 0.0600. The Kier molecular flexibility index (Phi) is 3.54. The number of thiophene rings is 1. The van der Waals surface area contributed by atoms with Crippen molar-refractivity contribution in [2.75, 3.05) is 6.54 Å². The fourth-order valence-electron chi connectivity index (χ4n) is 1.62. The zero-order valence-corrected chi connectivity index (χ0v) is 10.7. The third-order valence-corrected chi connectivity index (χ3v) is 3.33. The van der Waals surface area contributed by atoms with E-state index >= 15 is 0 Å². The Morgan fingerprint density at radius 3 is 2.82 bits per heavy atom. The molecule has 0 atom stereocenters. The highest BCUT2D eigenvalue weighted by atomic mass is 32.1. The Morgan fingerprint density at radius 1 is 1.41 bits per heavy atom.